The Kier molecular flexibility index (Phi) is 2.88. The smallest absolute Gasteiger partial charge is 0.399 e. The molecule has 0 aliphatic rings. The van der Waals surface area contributed by atoms with Gasteiger partial charge in [0.15, 0.2) is 0 Å². The molecule has 5 heteroatoms. The standard InChI is InChI=1S/C9H5Br2NO2/c10-6-3-7(11)5-8(4-6)14-9-12-1-2-13-9/h1-5H. The van der Waals surface area contributed by atoms with E-state index >= 15 is 0 Å². The van der Waals surface area contributed by atoms with Crippen LogP contribution >= 0.6 is 31.9 Å². The maximum absolute atomic E-state index is 5.34. The van der Waals surface area contributed by atoms with Crippen LogP contribution in [0.4, 0.5) is 0 Å². The van der Waals surface area contributed by atoms with Crippen LogP contribution in [0.2, 0.25) is 0 Å². The summed E-state index contributed by atoms with van der Waals surface area (Å²) in [5.41, 5.74) is 0. The number of hydrogen-bond acceptors (Lipinski definition) is 3. The predicted molar refractivity (Wildman–Crippen MR) is 58.4 cm³/mol. The second-order valence-electron chi connectivity index (χ2n) is 2.51. The molecule has 0 atom stereocenters. The van der Waals surface area contributed by atoms with Gasteiger partial charge in [0, 0.05) is 8.95 Å². The van der Waals surface area contributed by atoms with E-state index in [-0.39, 0.29) is 6.08 Å². The summed E-state index contributed by atoms with van der Waals surface area (Å²) in [4.78, 5) is 3.85. The summed E-state index contributed by atoms with van der Waals surface area (Å²) in [6.45, 7) is 0. The van der Waals surface area contributed by atoms with Crippen molar-refractivity contribution in [2.75, 3.05) is 0 Å². The summed E-state index contributed by atoms with van der Waals surface area (Å²) in [6, 6.07) is 5.58. The maximum Gasteiger partial charge on any atom is 0.399 e. The summed E-state index contributed by atoms with van der Waals surface area (Å²) in [7, 11) is 0. The molecule has 0 radical (unpaired) electrons. The molecule has 1 aromatic heterocycles. The van der Waals surface area contributed by atoms with Gasteiger partial charge in [-0.15, -0.1) is 0 Å². The Morgan fingerprint density at radius 2 is 1.86 bits per heavy atom. The highest BCUT2D eigenvalue weighted by atomic mass is 79.9. The Balaban J connectivity index is 2.25. The molecule has 3 nitrogen and oxygen atoms in total. The molecule has 72 valence electrons. The number of halogens is 2. The first-order chi connectivity index (χ1) is 6.74. The summed E-state index contributed by atoms with van der Waals surface area (Å²) < 4.78 is 12.1. The van der Waals surface area contributed by atoms with Crippen LogP contribution in [0, 0.1) is 0 Å². The van der Waals surface area contributed by atoms with Crippen LogP contribution in [0.15, 0.2) is 44.0 Å². The molecule has 1 aromatic carbocycles. The van der Waals surface area contributed by atoms with Crippen molar-refractivity contribution in [3.05, 3.63) is 39.6 Å². The average Bonchev–Trinajstić information content (AvgIpc) is 2.54. The predicted octanol–water partition coefficient (Wildman–Crippen LogP) is 3.99. The van der Waals surface area contributed by atoms with Gasteiger partial charge in [0.2, 0.25) is 0 Å². The van der Waals surface area contributed by atoms with E-state index in [4.69, 9.17) is 9.15 Å². The molecule has 14 heavy (non-hydrogen) atoms. The normalized spacial score (nSPS) is 10.1. The van der Waals surface area contributed by atoms with Crippen molar-refractivity contribution in [1.82, 2.24) is 4.98 Å². The van der Waals surface area contributed by atoms with Gasteiger partial charge in [0.25, 0.3) is 0 Å². The third kappa shape index (κ3) is 2.36. The van der Waals surface area contributed by atoms with E-state index in [9.17, 15) is 0 Å². The third-order valence-electron chi connectivity index (χ3n) is 1.45. The van der Waals surface area contributed by atoms with Gasteiger partial charge in [-0.3, -0.25) is 0 Å². The van der Waals surface area contributed by atoms with Crippen molar-refractivity contribution in [1.29, 1.82) is 0 Å². The van der Waals surface area contributed by atoms with Gasteiger partial charge in [0.05, 0.1) is 6.20 Å². The number of oxazole rings is 1. The summed E-state index contributed by atoms with van der Waals surface area (Å²) >= 11 is 6.71. The van der Waals surface area contributed by atoms with E-state index in [1.165, 1.54) is 12.5 Å². The monoisotopic (exact) mass is 317 g/mol. The van der Waals surface area contributed by atoms with Crippen molar-refractivity contribution in [2.24, 2.45) is 0 Å². The van der Waals surface area contributed by atoms with Gasteiger partial charge in [0.1, 0.15) is 12.0 Å². The highest BCUT2D eigenvalue weighted by Gasteiger charge is 2.03. The molecule has 1 heterocycles. The minimum absolute atomic E-state index is 0.231. The second-order valence-corrected chi connectivity index (χ2v) is 4.34. The lowest BCUT2D eigenvalue weighted by molar-refractivity contribution is 0.330. The summed E-state index contributed by atoms with van der Waals surface area (Å²) in [5, 5.41) is 0. The van der Waals surface area contributed by atoms with Crippen molar-refractivity contribution in [2.45, 2.75) is 0 Å². The molecule has 0 amide bonds. The average molecular weight is 319 g/mol. The highest BCUT2D eigenvalue weighted by Crippen LogP contribution is 2.27. The molecule has 0 bridgehead atoms. The maximum atomic E-state index is 5.34. The largest absolute Gasteiger partial charge is 0.417 e. The zero-order chi connectivity index (χ0) is 9.97. The van der Waals surface area contributed by atoms with Crippen LogP contribution in [-0.4, -0.2) is 4.98 Å². The Morgan fingerprint density at radius 3 is 2.43 bits per heavy atom. The zero-order valence-corrected chi connectivity index (χ0v) is 10.1. The Labute approximate surface area is 97.4 Å². The van der Waals surface area contributed by atoms with Crippen molar-refractivity contribution < 1.29 is 9.15 Å². The van der Waals surface area contributed by atoms with Gasteiger partial charge >= 0.3 is 6.08 Å². The molecule has 0 N–H and O–H groups in total. The lowest BCUT2D eigenvalue weighted by Crippen LogP contribution is -1.83. The van der Waals surface area contributed by atoms with Crippen LogP contribution in [0.25, 0.3) is 0 Å². The van der Waals surface area contributed by atoms with E-state index < -0.39 is 0 Å². The summed E-state index contributed by atoms with van der Waals surface area (Å²) in [5.74, 6) is 0.661. The van der Waals surface area contributed by atoms with Crippen molar-refractivity contribution in [3.63, 3.8) is 0 Å². The molecule has 0 saturated carbocycles. The lowest BCUT2D eigenvalue weighted by atomic mass is 10.3. The first-order valence-corrected chi connectivity index (χ1v) is 5.36. The SMILES string of the molecule is Brc1cc(Br)cc(Oc2ncco2)c1. The minimum atomic E-state index is 0.231. The Hall–Kier alpha value is -0.810. The summed E-state index contributed by atoms with van der Waals surface area (Å²) in [6.07, 6.45) is 3.22. The van der Waals surface area contributed by atoms with Gasteiger partial charge in [-0.05, 0) is 18.2 Å². The molecule has 0 unspecified atom stereocenters. The Bertz CT molecular complexity index is 408. The number of aromatic nitrogens is 1. The number of benzene rings is 1. The quantitative estimate of drug-likeness (QED) is 0.839. The van der Waals surface area contributed by atoms with Crippen molar-refractivity contribution in [3.8, 4) is 11.8 Å². The topological polar surface area (TPSA) is 35.3 Å². The first kappa shape index (κ1) is 9.73. The van der Waals surface area contributed by atoms with Crippen LogP contribution in [-0.2, 0) is 0 Å². The van der Waals surface area contributed by atoms with Crippen LogP contribution in [0.5, 0.6) is 11.8 Å². The molecule has 2 rings (SSSR count). The molecular weight excluding hydrogens is 314 g/mol. The zero-order valence-electron chi connectivity index (χ0n) is 6.91. The molecule has 0 saturated heterocycles. The number of rotatable bonds is 2. The van der Waals surface area contributed by atoms with Crippen molar-refractivity contribution >= 4 is 31.9 Å². The van der Waals surface area contributed by atoms with E-state index in [0.717, 1.165) is 8.95 Å². The van der Waals surface area contributed by atoms with Crippen LogP contribution in [0.3, 0.4) is 0 Å². The number of nitrogens with zero attached hydrogens (tertiary/aromatic N) is 1. The molecule has 2 aromatic rings. The first-order valence-electron chi connectivity index (χ1n) is 3.77. The fourth-order valence-corrected chi connectivity index (χ4v) is 2.20. The highest BCUT2D eigenvalue weighted by molar-refractivity contribution is 9.11. The van der Waals surface area contributed by atoms with Crippen LogP contribution in [0.1, 0.15) is 0 Å². The van der Waals surface area contributed by atoms with Gasteiger partial charge < -0.3 is 9.15 Å². The fraction of sp³-hybridized carbons (Fsp3) is 0. The molecule has 0 aliphatic heterocycles. The van der Waals surface area contributed by atoms with E-state index in [0.29, 0.717) is 5.75 Å². The van der Waals surface area contributed by atoms with E-state index in [1.807, 2.05) is 18.2 Å². The molecule has 0 fully saturated rings. The Morgan fingerprint density at radius 1 is 1.14 bits per heavy atom. The second kappa shape index (κ2) is 4.14. The van der Waals surface area contributed by atoms with E-state index in [2.05, 4.69) is 36.8 Å². The molecule has 0 spiro atoms. The van der Waals surface area contributed by atoms with Gasteiger partial charge in [-0.2, -0.15) is 4.98 Å². The molecular formula is C9H5Br2NO2. The van der Waals surface area contributed by atoms with Crippen LogP contribution < -0.4 is 4.74 Å². The fourth-order valence-electron chi connectivity index (χ4n) is 0.949. The van der Waals surface area contributed by atoms with Gasteiger partial charge in [-0.1, -0.05) is 31.9 Å². The number of ether oxygens (including phenoxy) is 1. The molecule has 0 aliphatic carbocycles. The number of hydrogen-bond donors (Lipinski definition) is 0. The minimum Gasteiger partial charge on any atom is -0.417 e. The van der Waals surface area contributed by atoms with E-state index in [1.54, 1.807) is 0 Å². The third-order valence-corrected chi connectivity index (χ3v) is 2.37. The van der Waals surface area contributed by atoms with Gasteiger partial charge in [-0.25, -0.2) is 0 Å². The lowest BCUT2D eigenvalue weighted by Gasteiger charge is -2.01.